The Morgan fingerprint density at radius 2 is 2.07 bits per heavy atom. The molecule has 4 nitrogen and oxygen atoms in total. The lowest BCUT2D eigenvalue weighted by Gasteiger charge is -2.46. The highest BCUT2D eigenvalue weighted by Gasteiger charge is 2.33. The van der Waals surface area contributed by atoms with Crippen LogP contribution in [-0.2, 0) is 4.79 Å². The van der Waals surface area contributed by atoms with Gasteiger partial charge in [0.15, 0.2) is 0 Å². The zero-order chi connectivity index (χ0) is 11.6. The maximum absolute atomic E-state index is 11.8. The van der Waals surface area contributed by atoms with Gasteiger partial charge in [0.1, 0.15) is 0 Å². The van der Waals surface area contributed by atoms with E-state index >= 15 is 0 Å². The number of carbonyl (C=O) groups excluding carboxylic acids is 1. The van der Waals surface area contributed by atoms with Crippen molar-refractivity contribution in [3.8, 4) is 0 Å². The van der Waals surface area contributed by atoms with Crippen LogP contribution >= 0.6 is 0 Å². The van der Waals surface area contributed by atoms with Gasteiger partial charge in [-0.25, -0.2) is 5.01 Å². The van der Waals surface area contributed by atoms with Gasteiger partial charge in [-0.1, -0.05) is 0 Å². The van der Waals surface area contributed by atoms with Crippen LogP contribution in [0.4, 0.5) is 0 Å². The highest BCUT2D eigenvalue weighted by atomic mass is 16.3. The average molecular weight is 214 g/mol. The molecule has 0 aromatic carbocycles. The molecule has 1 N–H and O–H groups in total. The van der Waals surface area contributed by atoms with Gasteiger partial charge in [0.2, 0.25) is 5.91 Å². The number of β-amino-alcohol motifs (C(OH)–C–C–N with tert-alkyl or cyclic N) is 1. The molecule has 0 aromatic heterocycles. The molecule has 1 rings (SSSR count). The van der Waals surface area contributed by atoms with E-state index < -0.39 is 6.10 Å². The van der Waals surface area contributed by atoms with Gasteiger partial charge in [-0.2, -0.15) is 0 Å². The van der Waals surface area contributed by atoms with Gasteiger partial charge in [-0.05, 0) is 34.1 Å². The summed E-state index contributed by atoms with van der Waals surface area (Å²) in [4.78, 5) is 11.8. The van der Waals surface area contributed by atoms with E-state index in [4.69, 9.17) is 0 Å². The Balaban J connectivity index is 2.78. The molecule has 1 fully saturated rings. The zero-order valence-electron chi connectivity index (χ0n) is 10.2. The SMILES string of the molecule is CC(O)CN1C(=O)CCCN1C(C)(C)C. The van der Waals surface area contributed by atoms with Crippen molar-refractivity contribution in [2.45, 2.75) is 52.2 Å². The van der Waals surface area contributed by atoms with Crippen molar-refractivity contribution in [1.29, 1.82) is 0 Å². The summed E-state index contributed by atoms with van der Waals surface area (Å²) in [5.41, 5.74) is -0.0645. The van der Waals surface area contributed by atoms with Crippen molar-refractivity contribution >= 4 is 5.91 Å². The molecule has 0 bridgehead atoms. The van der Waals surface area contributed by atoms with E-state index in [1.54, 1.807) is 11.9 Å². The van der Waals surface area contributed by atoms with Crippen LogP contribution in [0.3, 0.4) is 0 Å². The molecule has 1 heterocycles. The molecule has 1 amide bonds. The molecule has 0 aliphatic carbocycles. The lowest BCUT2D eigenvalue weighted by Crippen LogP contribution is -2.59. The molecule has 0 spiro atoms. The predicted molar refractivity (Wildman–Crippen MR) is 59.1 cm³/mol. The normalized spacial score (nSPS) is 21.9. The van der Waals surface area contributed by atoms with Crippen molar-refractivity contribution in [2.24, 2.45) is 0 Å². The van der Waals surface area contributed by atoms with Gasteiger partial charge < -0.3 is 5.11 Å². The third kappa shape index (κ3) is 3.18. The van der Waals surface area contributed by atoms with Crippen molar-refractivity contribution in [2.75, 3.05) is 13.1 Å². The first-order valence-corrected chi connectivity index (χ1v) is 5.58. The highest BCUT2D eigenvalue weighted by Crippen LogP contribution is 2.22. The van der Waals surface area contributed by atoms with Crippen LogP contribution in [-0.4, -0.2) is 45.8 Å². The fourth-order valence-electron chi connectivity index (χ4n) is 1.91. The molecule has 0 saturated carbocycles. The third-order valence-electron chi connectivity index (χ3n) is 2.55. The maximum atomic E-state index is 11.8. The van der Waals surface area contributed by atoms with Gasteiger partial charge in [0, 0.05) is 18.5 Å². The summed E-state index contributed by atoms with van der Waals surface area (Å²) in [5, 5.41) is 13.1. The minimum absolute atomic E-state index is 0.0645. The van der Waals surface area contributed by atoms with Crippen molar-refractivity contribution in [3.63, 3.8) is 0 Å². The smallest absolute Gasteiger partial charge is 0.237 e. The van der Waals surface area contributed by atoms with Gasteiger partial charge in [-0.3, -0.25) is 9.80 Å². The number of nitrogens with zero attached hydrogens (tertiary/aromatic N) is 2. The summed E-state index contributed by atoms with van der Waals surface area (Å²) in [6, 6.07) is 0. The second kappa shape index (κ2) is 4.49. The zero-order valence-corrected chi connectivity index (χ0v) is 10.2. The minimum Gasteiger partial charge on any atom is -0.392 e. The summed E-state index contributed by atoms with van der Waals surface area (Å²) < 4.78 is 0. The second-order valence-electron chi connectivity index (χ2n) is 5.22. The van der Waals surface area contributed by atoms with E-state index in [1.165, 1.54) is 0 Å². The van der Waals surface area contributed by atoms with E-state index in [2.05, 4.69) is 25.8 Å². The van der Waals surface area contributed by atoms with Crippen LogP contribution in [0.5, 0.6) is 0 Å². The number of hydrazine groups is 1. The standard InChI is InChI=1S/C11H22N2O2/c1-9(14)8-12-10(15)6-5-7-13(12)11(2,3)4/h9,14H,5-8H2,1-4H3. The molecule has 1 saturated heterocycles. The summed E-state index contributed by atoms with van der Waals surface area (Å²) in [6.07, 6.45) is 1.03. The predicted octanol–water partition coefficient (Wildman–Crippen LogP) is 1.01. The number of hydrogen-bond acceptors (Lipinski definition) is 3. The van der Waals surface area contributed by atoms with Crippen LogP contribution in [0.25, 0.3) is 0 Å². The molecular weight excluding hydrogens is 192 g/mol. The Labute approximate surface area is 91.8 Å². The molecule has 4 heteroatoms. The van der Waals surface area contributed by atoms with Crippen molar-refractivity contribution < 1.29 is 9.90 Å². The molecule has 1 atom stereocenters. The number of aliphatic hydroxyl groups is 1. The Bertz CT molecular complexity index is 233. The lowest BCUT2D eigenvalue weighted by molar-refractivity contribution is -0.172. The molecule has 0 radical (unpaired) electrons. The van der Waals surface area contributed by atoms with Crippen LogP contribution in [0.2, 0.25) is 0 Å². The molecule has 15 heavy (non-hydrogen) atoms. The van der Waals surface area contributed by atoms with Crippen LogP contribution in [0.15, 0.2) is 0 Å². The summed E-state index contributed by atoms with van der Waals surface area (Å²) in [7, 11) is 0. The molecule has 1 unspecified atom stereocenters. The number of amides is 1. The molecule has 1 aliphatic heterocycles. The summed E-state index contributed by atoms with van der Waals surface area (Å²) >= 11 is 0. The Morgan fingerprint density at radius 1 is 1.47 bits per heavy atom. The monoisotopic (exact) mass is 214 g/mol. The number of rotatable bonds is 2. The molecular formula is C11H22N2O2. The Kier molecular flexibility index (Phi) is 3.73. The Morgan fingerprint density at radius 3 is 2.53 bits per heavy atom. The van der Waals surface area contributed by atoms with Crippen LogP contribution in [0.1, 0.15) is 40.5 Å². The third-order valence-corrected chi connectivity index (χ3v) is 2.55. The first kappa shape index (κ1) is 12.5. The molecule has 1 aliphatic rings. The largest absolute Gasteiger partial charge is 0.392 e. The van der Waals surface area contributed by atoms with Gasteiger partial charge in [0.25, 0.3) is 0 Å². The topological polar surface area (TPSA) is 43.8 Å². The molecule has 88 valence electrons. The van der Waals surface area contributed by atoms with Crippen molar-refractivity contribution in [1.82, 2.24) is 10.0 Å². The minimum atomic E-state index is -0.475. The Hall–Kier alpha value is -0.610. The van der Waals surface area contributed by atoms with E-state index in [9.17, 15) is 9.90 Å². The number of hydrogen-bond donors (Lipinski definition) is 1. The first-order valence-electron chi connectivity index (χ1n) is 5.58. The second-order valence-corrected chi connectivity index (χ2v) is 5.22. The van der Waals surface area contributed by atoms with Crippen LogP contribution in [0, 0.1) is 0 Å². The maximum Gasteiger partial charge on any atom is 0.237 e. The molecule has 0 aromatic rings. The fraction of sp³-hybridized carbons (Fsp3) is 0.909. The van der Waals surface area contributed by atoms with Gasteiger partial charge in [0.05, 0.1) is 12.6 Å². The van der Waals surface area contributed by atoms with Crippen molar-refractivity contribution in [3.05, 3.63) is 0 Å². The fourth-order valence-corrected chi connectivity index (χ4v) is 1.91. The number of carbonyl (C=O) groups is 1. The number of aliphatic hydroxyl groups excluding tert-OH is 1. The van der Waals surface area contributed by atoms with E-state index in [0.717, 1.165) is 13.0 Å². The van der Waals surface area contributed by atoms with E-state index in [-0.39, 0.29) is 11.4 Å². The quantitative estimate of drug-likeness (QED) is 0.746. The van der Waals surface area contributed by atoms with E-state index in [0.29, 0.717) is 13.0 Å². The summed E-state index contributed by atoms with van der Waals surface area (Å²) in [6.45, 7) is 9.25. The van der Waals surface area contributed by atoms with Gasteiger partial charge in [-0.15, -0.1) is 0 Å². The van der Waals surface area contributed by atoms with E-state index in [1.807, 2.05) is 0 Å². The van der Waals surface area contributed by atoms with Crippen LogP contribution < -0.4 is 0 Å². The lowest BCUT2D eigenvalue weighted by atomic mass is 10.1. The first-order chi connectivity index (χ1) is 6.82. The van der Waals surface area contributed by atoms with Gasteiger partial charge >= 0.3 is 0 Å². The summed E-state index contributed by atoms with van der Waals surface area (Å²) in [5.74, 6) is 0.122. The average Bonchev–Trinajstić information content (AvgIpc) is 2.05. The highest BCUT2D eigenvalue weighted by molar-refractivity contribution is 5.76.